The second kappa shape index (κ2) is 17.9. The summed E-state index contributed by atoms with van der Waals surface area (Å²) in [7, 11) is 0. The highest BCUT2D eigenvalue weighted by atomic mass is 16.4. The van der Waals surface area contributed by atoms with Crippen molar-refractivity contribution in [3.8, 4) is 0 Å². The van der Waals surface area contributed by atoms with Crippen LogP contribution in [0.2, 0.25) is 0 Å². The molecule has 6 amide bonds. The fourth-order valence-electron chi connectivity index (χ4n) is 6.96. The van der Waals surface area contributed by atoms with Gasteiger partial charge in [0.25, 0.3) is 5.91 Å². The molecule has 1 aliphatic heterocycles. The summed E-state index contributed by atoms with van der Waals surface area (Å²) in [5.74, 6) is -6.66. The summed E-state index contributed by atoms with van der Waals surface area (Å²) < 4.78 is 0. The zero-order valence-electron chi connectivity index (χ0n) is 32.5. The van der Waals surface area contributed by atoms with E-state index in [-0.39, 0.29) is 24.6 Å². The van der Waals surface area contributed by atoms with Gasteiger partial charge in [-0.1, -0.05) is 92.7 Å². The Balaban J connectivity index is 1.52. The predicted octanol–water partition coefficient (Wildman–Crippen LogP) is 5.59. The average Bonchev–Trinajstić information content (AvgIpc) is 3.37. The second-order valence-corrected chi connectivity index (χ2v) is 14.6. The Labute approximate surface area is 335 Å². The normalized spacial score (nSPS) is 16.7. The minimum atomic E-state index is -2.31. The number of nitrogens with one attached hydrogen (secondary N) is 2. The lowest BCUT2D eigenvalue weighted by atomic mass is 9.88. The number of nitrogens with two attached hydrogens (primary N) is 1. The zero-order valence-corrected chi connectivity index (χ0v) is 32.5. The molecule has 4 atom stereocenters. The molecule has 4 aromatic rings. The zero-order chi connectivity index (χ0) is 42.3. The number of urea groups is 2. The van der Waals surface area contributed by atoms with Crippen LogP contribution in [0.5, 0.6) is 0 Å². The average molecular weight is 791 g/mol. The number of carbonyl (C=O) groups is 7. The van der Waals surface area contributed by atoms with E-state index in [1.54, 1.807) is 93.6 Å². The first kappa shape index (κ1) is 42.3. The molecule has 0 aromatic heterocycles. The highest BCUT2D eigenvalue weighted by molar-refractivity contribution is 6.18. The monoisotopic (exact) mass is 790 g/mol. The van der Waals surface area contributed by atoms with Gasteiger partial charge in [-0.25, -0.2) is 14.4 Å². The molecule has 1 heterocycles. The van der Waals surface area contributed by atoms with Crippen molar-refractivity contribution in [1.82, 2.24) is 9.80 Å². The largest absolute Gasteiger partial charge is 0.481 e. The Morgan fingerprint density at radius 3 is 1.97 bits per heavy atom. The summed E-state index contributed by atoms with van der Waals surface area (Å²) in [5, 5.41) is 25.6. The molecular weight excluding hydrogens is 745 g/mol. The maximum absolute atomic E-state index is 14.9. The van der Waals surface area contributed by atoms with Gasteiger partial charge in [0.1, 0.15) is 11.6 Å². The van der Waals surface area contributed by atoms with Crippen LogP contribution in [-0.2, 0) is 36.1 Å². The number of benzene rings is 4. The summed E-state index contributed by atoms with van der Waals surface area (Å²) in [5.41, 5.74) is 7.18. The fraction of sp³-hybridized carbons (Fsp3) is 0.279. The number of rotatable bonds is 16. The van der Waals surface area contributed by atoms with Crippen LogP contribution in [0, 0.1) is 12.8 Å². The van der Waals surface area contributed by atoms with Crippen molar-refractivity contribution >= 4 is 58.7 Å². The number of aryl methyl sites for hydroxylation is 1. The Morgan fingerprint density at radius 2 is 1.40 bits per heavy atom. The minimum Gasteiger partial charge on any atom is -0.481 e. The molecule has 4 aromatic carbocycles. The van der Waals surface area contributed by atoms with Crippen LogP contribution in [0.4, 0.5) is 26.7 Å². The van der Waals surface area contributed by atoms with Crippen LogP contribution in [0.25, 0.3) is 0 Å². The molecular formula is C43H46N6O9. The van der Waals surface area contributed by atoms with Crippen LogP contribution in [0.3, 0.4) is 0 Å². The lowest BCUT2D eigenvalue weighted by Gasteiger charge is -2.34. The molecule has 0 saturated carbocycles. The van der Waals surface area contributed by atoms with E-state index < -0.39 is 71.7 Å². The van der Waals surface area contributed by atoms with Crippen molar-refractivity contribution in [2.75, 3.05) is 15.5 Å². The van der Waals surface area contributed by atoms with Crippen molar-refractivity contribution < 1.29 is 43.8 Å². The lowest BCUT2D eigenvalue weighted by molar-refractivity contribution is -0.148. The molecule has 1 fully saturated rings. The number of anilines is 3. The maximum Gasteiger partial charge on any atom is 0.334 e. The summed E-state index contributed by atoms with van der Waals surface area (Å²) >= 11 is 0. The fourth-order valence-corrected chi connectivity index (χ4v) is 6.96. The number of aliphatic carboxylic acids is 2. The molecule has 0 spiro atoms. The third kappa shape index (κ3) is 9.05. The van der Waals surface area contributed by atoms with E-state index in [0.29, 0.717) is 27.4 Å². The Bertz CT molecular complexity index is 2180. The molecule has 0 bridgehead atoms. The van der Waals surface area contributed by atoms with Gasteiger partial charge in [-0.05, 0) is 73.2 Å². The second-order valence-electron chi connectivity index (χ2n) is 14.6. The molecule has 15 heteroatoms. The summed E-state index contributed by atoms with van der Waals surface area (Å²) in [6, 6.07) is 22.7. The number of hydrogen-bond acceptors (Lipinski definition) is 8. The topological polar surface area (TPSA) is 220 Å². The quantitative estimate of drug-likeness (QED) is 0.0700. The molecule has 5 rings (SSSR count). The van der Waals surface area contributed by atoms with Crippen molar-refractivity contribution in [1.29, 1.82) is 0 Å². The number of carboxylic acids is 2. The Hall–Kier alpha value is -6.87. The van der Waals surface area contributed by atoms with E-state index in [0.717, 1.165) is 10.5 Å². The van der Waals surface area contributed by atoms with E-state index in [2.05, 4.69) is 10.6 Å². The van der Waals surface area contributed by atoms with Gasteiger partial charge in [0.05, 0.1) is 12.5 Å². The van der Waals surface area contributed by atoms with Crippen molar-refractivity contribution in [2.24, 2.45) is 11.7 Å². The maximum atomic E-state index is 14.9. The molecule has 302 valence electrons. The van der Waals surface area contributed by atoms with Crippen LogP contribution in [0.15, 0.2) is 109 Å². The molecule has 1 saturated heterocycles. The number of ketones is 1. The van der Waals surface area contributed by atoms with E-state index >= 15 is 0 Å². The van der Waals surface area contributed by atoms with Crippen LogP contribution in [0.1, 0.15) is 50.3 Å². The van der Waals surface area contributed by atoms with Gasteiger partial charge in [0.15, 0.2) is 11.8 Å². The van der Waals surface area contributed by atoms with Gasteiger partial charge >= 0.3 is 24.0 Å². The molecule has 1 aliphatic rings. The minimum absolute atomic E-state index is 0.0576. The number of para-hydroxylation sites is 2. The molecule has 6 N–H and O–H groups in total. The smallest absolute Gasteiger partial charge is 0.334 e. The van der Waals surface area contributed by atoms with Crippen LogP contribution in [-0.4, -0.2) is 79.7 Å². The molecule has 2 unspecified atom stereocenters. The van der Waals surface area contributed by atoms with Gasteiger partial charge in [-0.3, -0.25) is 29.0 Å². The Morgan fingerprint density at radius 1 is 0.810 bits per heavy atom. The predicted molar refractivity (Wildman–Crippen MR) is 216 cm³/mol. The summed E-state index contributed by atoms with van der Waals surface area (Å²) in [6.07, 6.45) is -1.02. The highest BCUT2D eigenvalue weighted by Gasteiger charge is 2.59. The van der Waals surface area contributed by atoms with E-state index in [4.69, 9.17) is 5.73 Å². The first-order chi connectivity index (χ1) is 27.5. The number of amides is 6. The summed E-state index contributed by atoms with van der Waals surface area (Å²) in [4.78, 5) is 98.3. The van der Waals surface area contributed by atoms with Crippen molar-refractivity contribution in [3.05, 3.63) is 126 Å². The van der Waals surface area contributed by atoms with E-state index in [9.17, 15) is 43.8 Å². The van der Waals surface area contributed by atoms with Gasteiger partial charge in [-0.15, -0.1) is 0 Å². The SMILES string of the molecule is Cc1ccccc1NC(=O)Nc1ccc(CN2C(=O)N(C(CC(C)C)C(=O)[C@@H](C(=O)O)N(C(=O)[C@@H](N)CC(=O)O)c3ccccc3)C(=O)C2(C)c2ccccc2)cc1. The third-order valence-corrected chi connectivity index (χ3v) is 9.97. The number of nitrogens with zero attached hydrogens (tertiary/aromatic N) is 3. The van der Waals surface area contributed by atoms with Gasteiger partial charge in [0.2, 0.25) is 5.91 Å². The number of carboxylic acid groups (broad SMARTS) is 2. The van der Waals surface area contributed by atoms with Crippen LogP contribution >= 0.6 is 0 Å². The first-order valence-corrected chi connectivity index (χ1v) is 18.6. The number of imide groups is 1. The number of Topliss-reactive ketones (excluding diaryl/α,β-unsaturated/α-hetero) is 1. The van der Waals surface area contributed by atoms with E-state index in [1.165, 1.54) is 29.2 Å². The van der Waals surface area contributed by atoms with E-state index in [1.807, 2.05) is 19.1 Å². The van der Waals surface area contributed by atoms with Crippen molar-refractivity contribution in [2.45, 2.75) is 70.7 Å². The molecule has 15 nitrogen and oxygen atoms in total. The Kier molecular flexibility index (Phi) is 13.1. The molecule has 0 aliphatic carbocycles. The van der Waals surface area contributed by atoms with Crippen molar-refractivity contribution in [3.63, 3.8) is 0 Å². The molecule has 58 heavy (non-hydrogen) atoms. The lowest BCUT2D eigenvalue weighted by Crippen LogP contribution is -2.60. The number of carbonyl (C=O) groups excluding carboxylic acids is 5. The van der Waals surface area contributed by atoms with Gasteiger partial charge in [-0.2, -0.15) is 0 Å². The number of hydrogen-bond donors (Lipinski definition) is 5. The van der Waals surface area contributed by atoms with Gasteiger partial charge in [0, 0.05) is 23.6 Å². The van der Waals surface area contributed by atoms with Gasteiger partial charge < -0.3 is 31.5 Å². The third-order valence-electron chi connectivity index (χ3n) is 9.97. The standard InChI is InChI=1S/C43H46N6O9/c1-26(2)23-34(37(52)36(39(54)55)48(31-16-9-6-10-17-31)38(53)32(44)24-35(50)51)49-40(56)43(4,29-14-7-5-8-15-29)47(42(49)58)25-28-19-21-30(22-20-28)45-41(57)46-33-18-12-11-13-27(33)3/h5-22,26,32,34,36H,23-25,44H2,1-4H3,(H,50,51)(H,54,55)(H2,45,46,57)/t32-,34?,36-,43?/m0/s1. The first-order valence-electron chi connectivity index (χ1n) is 18.6. The summed E-state index contributed by atoms with van der Waals surface area (Å²) in [6.45, 7) is 6.74. The van der Waals surface area contributed by atoms with Crippen LogP contribution < -0.4 is 21.3 Å². The molecule has 0 radical (unpaired) electrons. The highest BCUT2D eigenvalue weighted by Crippen LogP contribution is 2.41.